The predicted octanol–water partition coefficient (Wildman–Crippen LogP) is 0.913. The summed E-state index contributed by atoms with van der Waals surface area (Å²) in [6.45, 7) is 4.13. The minimum Gasteiger partial charge on any atom is -0.496 e. The van der Waals surface area contributed by atoms with E-state index in [0.717, 1.165) is 25.0 Å². The van der Waals surface area contributed by atoms with Crippen LogP contribution in [0.3, 0.4) is 0 Å². The summed E-state index contributed by atoms with van der Waals surface area (Å²) in [4.78, 5) is 23.8. The van der Waals surface area contributed by atoms with Crippen LogP contribution < -0.4 is 26.4 Å². The predicted molar refractivity (Wildman–Crippen MR) is 93.5 cm³/mol. The Labute approximate surface area is 146 Å². The average molecular weight is 342 g/mol. The summed E-state index contributed by atoms with van der Waals surface area (Å²) < 4.78 is 5.44. The second kappa shape index (κ2) is 6.88. The summed E-state index contributed by atoms with van der Waals surface area (Å²) >= 11 is 0. The first kappa shape index (κ1) is 16.9. The lowest BCUT2D eigenvalue weighted by molar-refractivity contribution is -0.118. The van der Waals surface area contributed by atoms with Gasteiger partial charge in [-0.25, -0.2) is 4.79 Å². The first-order valence-electron chi connectivity index (χ1n) is 8.19. The number of rotatable bonds is 4. The lowest BCUT2D eigenvalue weighted by Gasteiger charge is -2.27. The van der Waals surface area contributed by atoms with Crippen LogP contribution in [0.25, 0.3) is 0 Å². The molecule has 1 aromatic rings. The molecule has 132 valence electrons. The van der Waals surface area contributed by atoms with Gasteiger partial charge in [-0.1, -0.05) is 18.7 Å². The fraction of sp³-hybridized carbons (Fsp3) is 0.333. The van der Waals surface area contributed by atoms with Crippen LogP contribution in [-0.2, 0) is 17.6 Å². The van der Waals surface area contributed by atoms with Crippen LogP contribution in [-0.4, -0.2) is 25.6 Å². The zero-order valence-corrected chi connectivity index (χ0v) is 14.1. The summed E-state index contributed by atoms with van der Waals surface area (Å²) in [5.74, 6) is 0.789. The molecule has 0 fully saturated rings. The highest BCUT2D eigenvalue weighted by Crippen LogP contribution is 2.32. The minimum atomic E-state index is -0.513. The molecule has 1 aliphatic carbocycles. The number of carbonyl (C=O) groups excluding carboxylic acids is 2. The molecule has 3 amide bonds. The van der Waals surface area contributed by atoms with Gasteiger partial charge in [0, 0.05) is 6.54 Å². The molecule has 7 nitrogen and oxygen atoms in total. The van der Waals surface area contributed by atoms with E-state index in [0.29, 0.717) is 12.5 Å². The Bertz CT molecular complexity index is 755. The lowest BCUT2D eigenvalue weighted by atomic mass is 9.83. The number of hydrogen-bond acceptors (Lipinski definition) is 4. The number of amides is 3. The number of ether oxygens (including phenoxy) is 1. The molecule has 2 aliphatic rings. The van der Waals surface area contributed by atoms with Crippen LogP contribution in [0.4, 0.5) is 4.79 Å². The molecule has 0 saturated heterocycles. The summed E-state index contributed by atoms with van der Waals surface area (Å²) in [6, 6.07) is 5.57. The first-order valence-corrected chi connectivity index (χ1v) is 8.19. The molecule has 1 unspecified atom stereocenters. The monoisotopic (exact) mass is 342 g/mol. The van der Waals surface area contributed by atoms with Crippen LogP contribution in [0, 0.1) is 5.92 Å². The van der Waals surface area contributed by atoms with Crippen molar-refractivity contribution in [2.24, 2.45) is 11.7 Å². The first-order chi connectivity index (χ1) is 12.0. The summed E-state index contributed by atoms with van der Waals surface area (Å²) in [7, 11) is 1.67. The topological polar surface area (TPSA) is 105 Å². The Morgan fingerprint density at radius 2 is 2.24 bits per heavy atom. The quantitative estimate of drug-likeness (QED) is 0.653. The van der Waals surface area contributed by atoms with Crippen molar-refractivity contribution in [2.75, 3.05) is 13.7 Å². The van der Waals surface area contributed by atoms with E-state index >= 15 is 0 Å². The number of nitrogens with one attached hydrogen (secondary N) is 3. The summed E-state index contributed by atoms with van der Waals surface area (Å²) in [5, 5.41) is 7.71. The van der Waals surface area contributed by atoms with E-state index in [9.17, 15) is 9.59 Å². The van der Waals surface area contributed by atoms with Crippen LogP contribution in [0.5, 0.6) is 5.75 Å². The molecule has 1 heterocycles. The van der Waals surface area contributed by atoms with Gasteiger partial charge < -0.3 is 26.4 Å². The van der Waals surface area contributed by atoms with Crippen molar-refractivity contribution < 1.29 is 14.3 Å². The van der Waals surface area contributed by atoms with E-state index in [-0.39, 0.29) is 17.1 Å². The Morgan fingerprint density at radius 1 is 1.44 bits per heavy atom. The molecule has 1 atom stereocenters. The number of hydrogen-bond donors (Lipinski definition) is 4. The molecule has 3 rings (SSSR count). The molecule has 0 bridgehead atoms. The van der Waals surface area contributed by atoms with Gasteiger partial charge in [-0.2, -0.15) is 0 Å². The van der Waals surface area contributed by atoms with E-state index in [2.05, 4.69) is 28.6 Å². The average Bonchev–Trinajstić information content (AvgIpc) is 2.61. The highest BCUT2D eigenvalue weighted by atomic mass is 16.5. The Hall–Kier alpha value is -2.96. The maximum atomic E-state index is 12.4. The maximum absolute atomic E-state index is 12.4. The molecule has 0 saturated carbocycles. The SMILES string of the molecule is C=C1NC(=O)NC(C(=O)NCC2CCc3cccc(OC)c3C2)=C1N. The van der Waals surface area contributed by atoms with Crippen molar-refractivity contribution in [2.45, 2.75) is 19.3 Å². The van der Waals surface area contributed by atoms with E-state index in [4.69, 9.17) is 10.5 Å². The normalized spacial score (nSPS) is 19.6. The Morgan fingerprint density at radius 3 is 3.00 bits per heavy atom. The van der Waals surface area contributed by atoms with Gasteiger partial charge in [0.05, 0.1) is 18.5 Å². The van der Waals surface area contributed by atoms with Crippen LogP contribution in [0.1, 0.15) is 17.5 Å². The van der Waals surface area contributed by atoms with Gasteiger partial charge in [-0.05, 0) is 42.4 Å². The molecule has 1 aromatic carbocycles. The third-order valence-corrected chi connectivity index (χ3v) is 4.64. The molecule has 25 heavy (non-hydrogen) atoms. The number of nitrogens with two attached hydrogens (primary N) is 1. The fourth-order valence-corrected chi connectivity index (χ4v) is 3.26. The van der Waals surface area contributed by atoms with E-state index in [1.54, 1.807) is 7.11 Å². The van der Waals surface area contributed by atoms with Gasteiger partial charge in [0.25, 0.3) is 5.91 Å². The number of urea groups is 1. The van der Waals surface area contributed by atoms with Crippen molar-refractivity contribution >= 4 is 11.9 Å². The summed E-state index contributed by atoms with van der Waals surface area (Å²) in [6.07, 6.45) is 2.78. The molecular weight excluding hydrogens is 320 g/mol. The smallest absolute Gasteiger partial charge is 0.323 e. The number of fused-ring (bicyclic) bond motifs is 1. The van der Waals surface area contributed by atoms with E-state index < -0.39 is 11.9 Å². The van der Waals surface area contributed by atoms with Gasteiger partial charge in [0.15, 0.2) is 0 Å². The van der Waals surface area contributed by atoms with Crippen LogP contribution >= 0.6 is 0 Å². The zero-order chi connectivity index (χ0) is 18.0. The number of carbonyl (C=O) groups is 2. The lowest BCUT2D eigenvalue weighted by Crippen LogP contribution is -2.47. The molecule has 1 aliphatic heterocycles. The zero-order valence-electron chi connectivity index (χ0n) is 14.1. The second-order valence-electron chi connectivity index (χ2n) is 6.26. The second-order valence-corrected chi connectivity index (χ2v) is 6.26. The molecule has 5 N–H and O–H groups in total. The molecule has 0 radical (unpaired) electrons. The number of benzene rings is 1. The summed E-state index contributed by atoms with van der Waals surface area (Å²) in [5.41, 5.74) is 8.75. The van der Waals surface area contributed by atoms with E-state index in [1.165, 1.54) is 11.1 Å². The largest absolute Gasteiger partial charge is 0.496 e. The van der Waals surface area contributed by atoms with Crippen molar-refractivity contribution in [3.63, 3.8) is 0 Å². The number of methoxy groups -OCH3 is 1. The van der Waals surface area contributed by atoms with Crippen molar-refractivity contribution in [3.8, 4) is 5.75 Å². The number of aryl methyl sites for hydroxylation is 1. The van der Waals surface area contributed by atoms with Gasteiger partial charge in [0.1, 0.15) is 11.4 Å². The van der Waals surface area contributed by atoms with Gasteiger partial charge in [0.2, 0.25) is 0 Å². The Kier molecular flexibility index (Phi) is 4.65. The minimum absolute atomic E-state index is 0.0440. The molecular formula is C18H22N4O3. The molecule has 0 aromatic heterocycles. The third kappa shape index (κ3) is 3.45. The van der Waals surface area contributed by atoms with Crippen molar-refractivity contribution in [1.29, 1.82) is 0 Å². The molecule has 7 heteroatoms. The van der Waals surface area contributed by atoms with Gasteiger partial charge in [-0.3, -0.25) is 4.79 Å². The van der Waals surface area contributed by atoms with E-state index in [1.807, 2.05) is 12.1 Å². The van der Waals surface area contributed by atoms with Crippen molar-refractivity contribution in [1.82, 2.24) is 16.0 Å². The van der Waals surface area contributed by atoms with Crippen LogP contribution in [0.2, 0.25) is 0 Å². The van der Waals surface area contributed by atoms with Crippen molar-refractivity contribution in [3.05, 3.63) is 53.0 Å². The highest BCUT2D eigenvalue weighted by molar-refractivity contribution is 6.00. The Balaban J connectivity index is 1.65. The van der Waals surface area contributed by atoms with Gasteiger partial charge in [-0.15, -0.1) is 0 Å². The highest BCUT2D eigenvalue weighted by Gasteiger charge is 2.26. The van der Waals surface area contributed by atoms with Crippen LogP contribution in [0.15, 0.2) is 41.9 Å². The fourth-order valence-electron chi connectivity index (χ4n) is 3.26. The third-order valence-electron chi connectivity index (χ3n) is 4.64. The standard InChI is InChI=1S/C18H22N4O3/c1-10-15(19)16(22-18(24)21-10)17(23)20-9-11-6-7-12-4-3-5-14(25-2)13(12)8-11/h3-5,11H,1,6-9,19H2,2H3,(H,20,23)(H2,21,22,24). The van der Waals surface area contributed by atoms with Gasteiger partial charge >= 0.3 is 6.03 Å². The maximum Gasteiger partial charge on any atom is 0.323 e. The molecule has 0 spiro atoms.